The van der Waals surface area contributed by atoms with E-state index in [0.717, 1.165) is 12.6 Å². The van der Waals surface area contributed by atoms with Gasteiger partial charge in [0.1, 0.15) is 0 Å². The van der Waals surface area contributed by atoms with Crippen LogP contribution in [0.5, 0.6) is 0 Å². The molecule has 0 aliphatic heterocycles. The average molecular weight is 170 g/mol. The van der Waals surface area contributed by atoms with Crippen molar-refractivity contribution in [1.29, 1.82) is 0 Å². The zero-order valence-corrected chi connectivity index (χ0v) is 8.23. The summed E-state index contributed by atoms with van der Waals surface area (Å²) in [4.78, 5) is 0. The monoisotopic (exact) mass is 170 g/mol. The molecule has 72 valence electrons. The van der Waals surface area contributed by atoms with Crippen molar-refractivity contribution in [2.75, 3.05) is 20.1 Å². The maximum atomic E-state index is 3.61. The van der Waals surface area contributed by atoms with E-state index in [2.05, 4.69) is 10.6 Å². The van der Waals surface area contributed by atoms with Crippen LogP contribution >= 0.6 is 0 Å². The van der Waals surface area contributed by atoms with Gasteiger partial charge in [-0.1, -0.05) is 12.8 Å². The molecule has 1 aliphatic rings. The minimum absolute atomic E-state index is 0.847. The van der Waals surface area contributed by atoms with Crippen molar-refractivity contribution in [3.05, 3.63) is 0 Å². The van der Waals surface area contributed by atoms with Crippen LogP contribution in [0, 0.1) is 0 Å². The van der Waals surface area contributed by atoms with Gasteiger partial charge < -0.3 is 10.6 Å². The number of hydrogen-bond acceptors (Lipinski definition) is 2. The van der Waals surface area contributed by atoms with Crippen molar-refractivity contribution in [2.24, 2.45) is 0 Å². The highest BCUT2D eigenvalue weighted by Crippen LogP contribution is 2.17. The second-order valence-corrected chi connectivity index (χ2v) is 3.75. The molecule has 0 spiro atoms. The van der Waals surface area contributed by atoms with E-state index in [9.17, 15) is 0 Å². The van der Waals surface area contributed by atoms with E-state index in [-0.39, 0.29) is 0 Å². The molecule has 0 aromatic heterocycles. The first-order valence-electron chi connectivity index (χ1n) is 5.31. The van der Waals surface area contributed by atoms with Crippen molar-refractivity contribution in [1.82, 2.24) is 10.6 Å². The van der Waals surface area contributed by atoms with Crippen LogP contribution in [-0.4, -0.2) is 26.2 Å². The Morgan fingerprint density at radius 2 is 1.75 bits per heavy atom. The van der Waals surface area contributed by atoms with E-state index in [1.807, 2.05) is 7.05 Å². The Morgan fingerprint density at radius 3 is 2.42 bits per heavy atom. The first-order valence-corrected chi connectivity index (χ1v) is 5.31. The third-order valence-electron chi connectivity index (χ3n) is 2.64. The SMILES string of the molecule is CNCCCCNC1CCCC1. The summed E-state index contributed by atoms with van der Waals surface area (Å²) in [5, 5.41) is 6.78. The summed E-state index contributed by atoms with van der Waals surface area (Å²) >= 11 is 0. The molecule has 0 atom stereocenters. The fourth-order valence-electron chi connectivity index (χ4n) is 1.86. The molecular formula is C10H22N2. The van der Waals surface area contributed by atoms with Gasteiger partial charge in [0.15, 0.2) is 0 Å². The Bertz CT molecular complexity index is 98.0. The fourth-order valence-corrected chi connectivity index (χ4v) is 1.86. The Labute approximate surface area is 76.1 Å². The van der Waals surface area contributed by atoms with Gasteiger partial charge in [-0.2, -0.15) is 0 Å². The highest BCUT2D eigenvalue weighted by atomic mass is 14.9. The fraction of sp³-hybridized carbons (Fsp3) is 1.00. The molecule has 1 aliphatic carbocycles. The maximum absolute atomic E-state index is 3.61. The zero-order chi connectivity index (χ0) is 8.65. The predicted octanol–water partition coefficient (Wildman–Crippen LogP) is 1.52. The largest absolute Gasteiger partial charge is 0.320 e. The Kier molecular flexibility index (Phi) is 5.37. The molecule has 0 unspecified atom stereocenters. The lowest BCUT2D eigenvalue weighted by molar-refractivity contribution is 0.505. The Morgan fingerprint density at radius 1 is 1.08 bits per heavy atom. The molecule has 2 heteroatoms. The first kappa shape index (κ1) is 10.0. The standard InChI is InChI=1S/C10H22N2/c1-11-8-4-5-9-12-10-6-2-3-7-10/h10-12H,2-9H2,1H3. The third-order valence-corrected chi connectivity index (χ3v) is 2.64. The predicted molar refractivity (Wildman–Crippen MR) is 53.4 cm³/mol. The van der Waals surface area contributed by atoms with Crippen molar-refractivity contribution in [2.45, 2.75) is 44.6 Å². The van der Waals surface area contributed by atoms with Gasteiger partial charge in [-0.25, -0.2) is 0 Å². The number of rotatable bonds is 6. The second kappa shape index (κ2) is 6.44. The van der Waals surface area contributed by atoms with E-state index in [1.165, 1.54) is 45.1 Å². The van der Waals surface area contributed by atoms with Crippen LogP contribution in [0.2, 0.25) is 0 Å². The molecule has 0 heterocycles. The number of hydrogen-bond donors (Lipinski definition) is 2. The van der Waals surface area contributed by atoms with E-state index in [4.69, 9.17) is 0 Å². The van der Waals surface area contributed by atoms with Crippen LogP contribution in [0.15, 0.2) is 0 Å². The lowest BCUT2D eigenvalue weighted by atomic mass is 10.2. The molecular weight excluding hydrogens is 148 g/mol. The van der Waals surface area contributed by atoms with Gasteiger partial charge in [-0.05, 0) is 45.8 Å². The van der Waals surface area contributed by atoms with Gasteiger partial charge in [0.25, 0.3) is 0 Å². The van der Waals surface area contributed by atoms with E-state index >= 15 is 0 Å². The average Bonchev–Trinajstić information content (AvgIpc) is 2.57. The molecule has 0 saturated heterocycles. The van der Waals surface area contributed by atoms with Crippen LogP contribution in [0.25, 0.3) is 0 Å². The summed E-state index contributed by atoms with van der Waals surface area (Å²) in [6.45, 7) is 2.37. The molecule has 12 heavy (non-hydrogen) atoms. The van der Waals surface area contributed by atoms with Gasteiger partial charge >= 0.3 is 0 Å². The summed E-state index contributed by atoms with van der Waals surface area (Å²) in [6.07, 6.45) is 8.31. The van der Waals surface area contributed by atoms with E-state index in [0.29, 0.717) is 0 Å². The van der Waals surface area contributed by atoms with Crippen LogP contribution in [0.1, 0.15) is 38.5 Å². The Hall–Kier alpha value is -0.0800. The van der Waals surface area contributed by atoms with Crippen molar-refractivity contribution < 1.29 is 0 Å². The Balaban J connectivity index is 1.81. The van der Waals surface area contributed by atoms with Crippen LogP contribution in [0.3, 0.4) is 0 Å². The molecule has 0 radical (unpaired) electrons. The molecule has 0 aromatic rings. The minimum atomic E-state index is 0.847. The smallest absolute Gasteiger partial charge is 0.00670 e. The quantitative estimate of drug-likeness (QED) is 0.591. The van der Waals surface area contributed by atoms with Gasteiger partial charge in [0.05, 0.1) is 0 Å². The summed E-state index contributed by atoms with van der Waals surface area (Å²) < 4.78 is 0. The number of nitrogens with one attached hydrogen (secondary N) is 2. The van der Waals surface area contributed by atoms with Crippen LogP contribution in [0.4, 0.5) is 0 Å². The molecule has 1 fully saturated rings. The third kappa shape index (κ3) is 4.07. The van der Waals surface area contributed by atoms with Crippen molar-refractivity contribution >= 4 is 0 Å². The lowest BCUT2D eigenvalue weighted by Crippen LogP contribution is -2.27. The molecule has 0 amide bonds. The van der Waals surface area contributed by atoms with Crippen molar-refractivity contribution in [3.8, 4) is 0 Å². The van der Waals surface area contributed by atoms with Gasteiger partial charge in [0, 0.05) is 6.04 Å². The summed E-state index contributed by atoms with van der Waals surface area (Å²) in [5.41, 5.74) is 0. The second-order valence-electron chi connectivity index (χ2n) is 3.75. The molecule has 0 aromatic carbocycles. The van der Waals surface area contributed by atoms with Crippen LogP contribution < -0.4 is 10.6 Å². The number of unbranched alkanes of at least 4 members (excludes halogenated alkanes) is 1. The zero-order valence-electron chi connectivity index (χ0n) is 8.23. The summed E-state index contributed by atoms with van der Waals surface area (Å²) in [7, 11) is 2.02. The normalized spacial score (nSPS) is 18.8. The lowest BCUT2D eigenvalue weighted by Gasteiger charge is -2.10. The molecule has 2 N–H and O–H groups in total. The minimum Gasteiger partial charge on any atom is -0.320 e. The molecule has 0 bridgehead atoms. The summed E-state index contributed by atoms with van der Waals surface area (Å²) in [5.74, 6) is 0. The molecule has 2 nitrogen and oxygen atoms in total. The molecule has 1 saturated carbocycles. The topological polar surface area (TPSA) is 24.1 Å². The van der Waals surface area contributed by atoms with Crippen molar-refractivity contribution in [3.63, 3.8) is 0 Å². The maximum Gasteiger partial charge on any atom is 0.00670 e. The van der Waals surface area contributed by atoms with Gasteiger partial charge in [-0.15, -0.1) is 0 Å². The highest BCUT2D eigenvalue weighted by Gasteiger charge is 2.12. The van der Waals surface area contributed by atoms with Gasteiger partial charge in [0.2, 0.25) is 0 Å². The molecule has 1 rings (SSSR count). The highest BCUT2D eigenvalue weighted by molar-refractivity contribution is 4.73. The first-order chi connectivity index (χ1) is 5.93. The van der Waals surface area contributed by atoms with Crippen LogP contribution in [-0.2, 0) is 0 Å². The van der Waals surface area contributed by atoms with E-state index < -0.39 is 0 Å². The summed E-state index contributed by atoms with van der Waals surface area (Å²) in [6, 6.07) is 0.847. The van der Waals surface area contributed by atoms with E-state index in [1.54, 1.807) is 0 Å². The van der Waals surface area contributed by atoms with Gasteiger partial charge in [-0.3, -0.25) is 0 Å².